The molecule has 61 heavy (non-hydrogen) atoms. The van der Waals surface area contributed by atoms with Crippen LogP contribution in [0.15, 0.2) is 158 Å². The van der Waals surface area contributed by atoms with Crippen LogP contribution in [-0.2, 0) is 10.8 Å². The van der Waals surface area contributed by atoms with Crippen molar-refractivity contribution in [3.8, 4) is 57.3 Å². The van der Waals surface area contributed by atoms with Gasteiger partial charge in [-0.05, 0) is 110 Å². The SMILES string of the molecule is CC(C)(C)c1ccc(-c2nnc(-c3cccc(-c4nnc(-c5ccc(C(C)(C)C)c(C6=CC7=C(c8nnc(-c9cccc%10ccccc9%10)o8)C=CCC7C=C6)c5)o4)c3)o2)cc1. The van der Waals surface area contributed by atoms with E-state index in [9.17, 15) is 0 Å². The number of nitrogens with zero attached hydrogens (tertiary/aromatic N) is 6. The molecule has 0 saturated carbocycles. The monoisotopic (exact) mass is 800 g/mol. The number of rotatable bonds is 7. The van der Waals surface area contributed by atoms with Crippen molar-refractivity contribution in [1.82, 2.24) is 30.6 Å². The molecule has 9 nitrogen and oxygen atoms in total. The Kier molecular flexibility index (Phi) is 9.20. The average Bonchev–Trinajstić information content (AvgIpc) is 4.08. The molecule has 300 valence electrons. The minimum Gasteiger partial charge on any atom is -0.416 e. The average molecular weight is 801 g/mol. The van der Waals surface area contributed by atoms with Gasteiger partial charge in [0.1, 0.15) is 0 Å². The number of hydrogen-bond donors (Lipinski definition) is 0. The molecule has 0 bridgehead atoms. The second-order valence-electron chi connectivity index (χ2n) is 17.8. The van der Waals surface area contributed by atoms with E-state index in [1.165, 1.54) is 11.1 Å². The number of aromatic nitrogens is 6. The van der Waals surface area contributed by atoms with Gasteiger partial charge in [0.15, 0.2) is 0 Å². The number of benzene rings is 5. The van der Waals surface area contributed by atoms with Gasteiger partial charge in [-0.3, -0.25) is 0 Å². The van der Waals surface area contributed by atoms with E-state index in [1.807, 2.05) is 60.7 Å². The Morgan fingerprint density at radius 1 is 0.508 bits per heavy atom. The van der Waals surface area contributed by atoms with Crippen molar-refractivity contribution in [3.63, 3.8) is 0 Å². The van der Waals surface area contributed by atoms with Crippen molar-refractivity contribution in [2.75, 3.05) is 0 Å². The highest BCUT2D eigenvalue weighted by Gasteiger charge is 2.28. The van der Waals surface area contributed by atoms with Crippen LogP contribution in [0.3, 0.4) is 0 Å². The molecule has 10 rings (SSSR count). The highest BCUT2D eigenvalue weighted by molar-refractivity contribution is 5.95. The van der Waals surface area contributed by atoms with Crippen LogP contribution in [-0.4, -0.2) is 30.6 Å². The summed E-state index contributed by atoms with van der Waals surface area (Å²) in [5.74, 6) is 2.87. The van der Waals surface area contributed by atoms with Gasteiger partial charge in [-0.2, -0.15) is 0 Å². The fourth-order valence-electron chi connectivity index (χ4n) is 8.15. The van der Waals surface area contributed by atoms with Crippen molar-refractivity contribution < 1.29 is 13.3 Å². The smallest absolute Gasteiger partial charge is 0.248 e. The maximum atomic E-state index is 6.44. The molecule has 0 fully saturated rings. The van der Waals surface area contributed by atoms with Gasteiger partial charge in [-0.15, -0.1) is 30.6 Å². The quantitative estimate of drug-likeness (QED) is 0.155. The molecule has 0 spiro atoms. The Balaban J connectivity index is 0.960. The predicted octanol–water partition coefficient (Wildman–Crippen LogP) is 12.9. The summed E-state index contributed by atoms with van der Waals surface area (Å²) < 4.78 is 19.0. The van der Waals surface area contributed by atoms with Gasteiger partial charge >= 0.3 is 0 Å². The molecule has 3 aromatic heterocycles. The Bertz CT molecular complexity index is 3080. The number of fused-ring (bicyclic) bond motifs is 2. The van der Waals surface area contributed by atoms with E-state index >= 15 is 0 Å². The standard InChI is InChI=1S/C52H44N6O3/c1-51(2,3)38-25-22-33(23-26-38)45-53-54-46(59-45)35-15-9-16-36(28-35)47-55-56-48(60-47)37-24-27-44(52(4,5)6)43(30-37)34-21-20-32-14-11-19-41(42(32)29-34)50-58-57-49(61-50)40-18-10-13-31-12-7-8-17-39(31)40/h7-13,15-30,32H,14H2,1-6H3. The van der Waals surface area contributed by atoms with Gasteiger partial charge < -0.3 is 13.3 Å². The minimum absolute atomic E-state index is 0.0540. The first-order chi connectivity index (χ1) is 29.5. The van der Waals surface area contributed by atoms with E-state index < -0.39 is 0 Å². The molecule has 8 aromatic rings. The molecular weight excluding hydrogens is 757 g/mol. The van der Waals surface area contributed by atoms with Crippen LogP contribution >= 0.6 is 0 Å². The summed E-state index contributed by atoms with van der Waals surface area (Å²) in [5, 5.41) is 29.0. The summed E-state index contributed by atoms with van der Waals surface area (Å²) in [5.41, 5.74) is 10.7. The highest BCUT2D eigenvalue weighted by atomic mass is 16.4. The van der Waals surface area contributed by atoms with Crippen molar-refractivity contribution in [2.24, 2.45) is 5.92 Å². The van der Waals surface area contributed by atoms with E-state index in [-0.39, 0.29) is 16.7 Å². The minimum atomic E-state index is -0.145. The summed E-state index contributed by atoms with van der Waals surface area (Å²) in [7, 11) is 0. The van der Waals surface area contributed by atoms with Crippen LogP contribution in [0.4, 0.5) is 0 Å². The highest BCUT2D eigenvalue weighted by Crippen LogP contribution is 2.42. The predicted molar refractivity (Wildman–Crippen MR) is 240 cm³/mol. The lowest BCUT2D eigenvalue weighted by atomic mass is 9.77. The summed E-state index contributed by atoms with van der Waals surface area (Å²) in [6.07, 6.45) is 12.0. The Hall–Kier alpha value is -7.26. The Labute approximate surface area is 354 Å². The molecule has 0 aliphatic heterocycles. The van der Waals surface area contributed by atoms with Crippen LogP contribution in [0.25, 0.3) is 79.2 Å². The molecule has 0 amide bonds. The second-order valence-corrected chi connectivity index (χ2v) is 17.8. The third-order valence-corrected chi connectivity index (χ3v) is 11.5. The lowest BCUT2D eigenvalue weighted by Gasteiger charge is -2.27. The largest absolute Gasteiger partial charge is 0.416 e. The van der Waals surface area contributed by atoms with Crippen LogP contribution < -0.4 is 0 Å². The summed E-state index contributed by atoms with van der Waals surface area (Å²) in [6.45, 7) is 13.3. The maximum absolute atomic E-state index is 6.44. The first-order valence-electron chi connectivity index (χ1n) is 20.6. The van der Waals surface area contributed by atoms with Gasteiger partial charge in [-0.1, -0.05) is 127 Å². The molecule has 1 atom stereocenters. The molecule has 0 radical (unpaired) electrons. The van der Waals surface area contributed by atoms with Crippen molar-refractivity contribution in [1.29, 1.82) is 0 Å². The van der Waals surface area contributed by atoms with E-state index in [0.717, 1.165) is 67.3 Å². The third kappa shape index (κ3) is 7.26. The van der Waals surface area contributed by atoms with E-state index in [2.05, 4.69) is 151 Å². The first-order valence-corrected chi connectivity index (χ1v) is 20.6. The Morgan fingerprint density at radius 3 is 1.80 bits per heavy atom. The number of hydrogen-bond acceptors (Lipinski definition) is 9. The van der Waals surface area contributed by atoms with Crippen LogP contribution in [0.2, 0.25) is 0 Å². The van der Waals surface area contributed by atoms with E-state index in [4.69, 9.17) is 13.3 Å². The molecule has 0 saturated heterocycles. The molecule has 1 unspecified atom stereocenters. The molecule has 2 aliphatic rings. The lowest BCUT2D eigenvalue weighted by Crippen LogP contribution is -2.15. The molecule has 3 heterocycles. The molecular formula is C52H44N6O3. The lowest BCUT2D eigenvalue weighted by molar-refractivity contribution is 0.553. The Morgan fingerprint density at radius 2 is 1.10 bits per heavy atom. The molecule has 9 heteroatoms. The van der Waals surface area contributed by atoms with Gasteiger partial charge in [0, 0.05) is 39.3 Å². The van der Waals surface area contributed by atoms with E-state index in [0.29, 0.717) is 35.3 Å². The zero-order chi connectivity index (χ0) is 41.9. The topological polar surface area (TPSA) is 117 Å². The second kappa shape index (κ2) is 14.8. The summed E-state index contributed by atoms with van der Waals surface area (Å²) >= 11 is 0. The molecule has 0 N–H and O–H groups in total. The van der Waals surface area contributed by atoms with Gasteiger partial charge in [-0.25, -0.2) is 0 Å². The fraction of sp³-hybridized carbons (Fsp3) is 0.192. The van der Waals surface area contributed by atoms with Crippen LogP contribution in [0.5, 0.6) is 0 Å². The van der Waals surface area contributed by atoms with Gasteiger partial charge in [0.25, 0.3) is 0 Å². The fourth-order valence-corrected chi connectivity index (χ4v) is 8.15. The van der Waals surface area contributed by atoms with E-state index in [1.54, 1.807) is 0 Å². The maximum Gasteiger partial charge on any atom is 0.248 e. The zero-order valence-electron chi connectivity index (χ0n) is 35.0. The van der Waals surface area contributed by atoms with Crippen molar-refractivity contribution >= 4 is 21.9 Å². The third-order valence-electron chi connectivity index (χ3n) is 11.5. The van der Waals surface area contributed by atoms with Crippen molar-refractivity contribution in [3.05, 3.63) is 168 Å². The van der Waals surface area contributed by atoms with Gasteiger partial charge in [0.05, 0.1) is 0 Å². The normalized spacial score (nSPS) is 15.4. The zero-order valence-corrected chi connectivity index (χ0v) is 35.0. The van der Waals surface area contributed by atoms with Gasteiger partial charge in [0.2, 0.25) is 35.3 Å². The van der Waals surface area contributed by atoms with Crippen molar-refractivity contribution in [2.45, 2.75) is 58.8 Å². The van der Waals surface area contributed by atoms with Crippen LogP contribution in [0.1, 0.15) is 70.5 Å². The molecule has 5 aromatic carbocycles. The van der Waals surface area contributed by atoms with Crippen LogP contribution in [0, 0.1) is 5.92 Å². The summed E-state index contributed by atoms with van der Waals surface area (Å²) in [4.78, 5) is 0. The first kappa shape index (κ1) is 38.0. The number of allylic oxidation sites excluding steroid dienone is 8. The molecule has 2 aliphatic carbocycles. The summed E-state index contributed by atoms with van der Waals surface area (Å²) in [6, 6.07) is 36.7.